The first kappa shape index (κ1) is 101. The maximum Gasteiger partial charge on any atom is 0.0440 e. The number of nitrogens with one attached hydrogen (secondary N) is 1. The van der Waals surface area contributed by atoms with E-state index in [1.807, 2.05) is 33.4 Å². The van der Waals surface area contributed by atoms with E-state index in [1.165, 1.54) is 565 Å². The summed E-state index contributed by atoms with van der Waals surface area (Å²) in [5.41, 5.74) is 12.0. The molecular weight excluding hydrogens is 1250 g/mol. The van der Waals surface area contributed by atoms with E-state index >= 15 is 0 Å². The number of unbranched alkanes of at least 4 members (excludes halogenated alkanes) is 72. The van der Waals surface area contributed by atoms with E-state index in [4.69, 9.17) is 5.32 Å². The first-order valence-corrected chi connectivity index (χ1v) is 50.5. The van der Waals surface area contributed by atoms with E-state index in [-0.39, 0.29) is 5.54 Å². The molecule has 0 unspecified atom stereocenters. The van der Waals surface area contributed by atoms with Gasteiger partial charge in [-0.3, -0.25) is 0 Å². The highest BCUT2D eigenvalue weighted by atomic mass is 15.0. The monoisotopic (exact) mass is 1450 g/mol. The van der Waals surface area contributed by atoms with Gasteiger partial charge < -0.3 is 5.32 Å². The molecule has 0 atom stereocenters. The summed E-state index contributed by atoms with van der Waals surface area (Å²) in [6.07, 6.45) is 124. The van der Waals surface area contributed by atoms with E-state index in [0.717, 1.165) is 0 Å². The van der Waals surface area contributed by atoms with Crippen LogP contribution in [-0.4, -0.2) is 6.54 Å². The molecule has 0 bridgehead atoms. The SMILES string of the molecule is CCCCCCCCCCCCNC(CCCCCCCCCCCC)(CCCCCCCCCCCC)c1c(CCCCCCCCCCCC)c(CCCCCCCCCCCC)c(CCCCCCCCCCCC)c(CCCCCCCCCCCC)c1CCCCCCCCCCCC. The molecule has 1 aromatic rings. The number of rotatable bonds is 90. The highest BCUT2D eigenvalue weighted by Gasteiger charge is 2.38. The smallest absolute Gasteiger partial charge is 0.0440 e. The summed E-state index contributed by atoms with van der Waals surface area (Å²) in [5, 5.41) is 4.97. The molecule has 0 aromatic heterocycles. The zero-order chi connectivity index (χ0) is 74.9. The maximum absolute atomic E-state index is 4.97. The molecule has 0 radical (unpaired) electrons. The lowest BCUT2D eigenvalue weighted by atomic mass is 9.69. The largest absolute Gasteiger partial charge is 0.307 e. The van der Waals surface area contributed by atoms with Crippen molar-refractivity contribution in [2.75, 3.05) is 6.54 Å². The van der Waals surface area contributed by atoms with E-state index in [9.17, 15) is 0 Å². The molecule has 1 aromatic carbocycles. The second-order valence-electron chi connectivity index (χ2n) is 35.5. The minimum absolute atomic E-state index is 0.0654. The maximum atomic E-state index is 4.97. The van der Waals surface area contributed by atoms with Crippen molar-refractivity contribution in [2.24, 2.45) is 0 Å². The molecule has 0 heterocycles. The molecule has 1 rings (SSSR count). The molecule has 618 valence electrons. The Morgan fingerprint density at radius 2 is 0.279 bits per heavy atom. The summed E-state index contributed by atoms with van der Waals surface area (Å²) in [4.78, 5) is 0. The quantitative estimate of drug-likeness (QED) is 0.0641. The molecule has 0 saturated carbocycles. The van der Waals surface area contributed by atoms with Gasteiger partial charge in [0.05, 0.1) is 0 Å². The van der Waals surface area contributed by atoms with Gasteiger partial charge in [0.15, 0.2) is 0 Å². The molecule has 104 heavy (non-hydrogen) atoms. The molecule has 0 amide bonds. The minimum Gasteiger partial charge on any atom is -0.307 e. The summed E-state index contributed by atoms with van der Waals surface area (Å²) in [6, 6.07) is 0. The topological polar surface area (TPSA) is 12.0 Å². The average Bonchev–Trinajstić information content (AvgIpc) is 0.740. The Labute approximate surface area is 660 Å². The van der Waals surface area contributed by atoms with Gasteiger partial charge in [0.25, 0.3) is 0 Å². The van der Waals surface area contributed by atoms with E-state index in [1.54, 1.807) is 0 Å². The zero-order valence-electron chi connectivity index (χ0n) is 74.2. The highest BCUT2D eigenvalue weighted by Crippen LogP contribution is 2.45. The van der Waals surface area contributed by atoms with Gasteiger partial charge in [0, 0.05) is 5.54 Å². The van der Waals surface area contributed by atoms with Crippen LogP contribution in [0, 0.1) is 0 Å². The van der Waals surface area contributed by atoms with Crippen LogP contribution in [0.5, 0.6) is 0 Å². The van der Waals surface area contributed by atoms with Crippen LogP contribution in [0.1, 0.15) is 615 Å². The molecule has 1 heteroatoms. The number of hydrogen-bond donors (Lipinski definition) is 1. The van der Waals surface area contributed by atoms with Gasteiger partial charge in [-0.05, 0) is 123 Å². The zero-order valence-corrected chi connectivity index (χ0v) is 74.2. The Bertz CT molecular complexity index is 1690. The van der Waals surface area contributed by atoms with Crippen LogP contribution < -0.4 is 5.32 Å². The van der Waals surface area contributed by atoms with Crippen molar-refractivity contribution in [3.8, 4) is 0 Å². The van der Waals surface area contributed by atoms with Crippen molar-refractivity contribution in [3.05, 3.63) is 33.4 Å². The van der Waals surface area contributed by atoms with Crippen molar-refractivity contribution < 1.29 is 0 Å². The number of hydrogen-bond acceptors (Lipinski definition) is 1. The van der Waals surface area contributed by atoms with Gasteiger partial charge >= 0.3 is 0 Å². The van der Waals surface area contributed by atoms with Crippen LogP contribution in [0.2, 0.25) is 0 Å². The predicted molar refractivity (Wildman–Crippen MR) is 479 cm³/mol. The summed E-state index contributed by atoms with van der Waals surface area (Å²) in [5.74, 6) is 0. The molecule has 0 aliphatic heterocycles. The lowest BCUT2D eigenvalue weighted by molar-refractivity contribution is 0.258. The third kappa shape index (κ3) is 60.9. The minimum atomic E-state index is 0.0654. The Morgan fingerprint density at radius 1 is 0.144 bits per heavy atom. The highest BCUT2D eigenvalue weighted by molar-refractivity contribution is 5.56. The molecule has 1 N–H and O–H groups in total. The summed E-state index contributed by atoms with van der Waals surface area (Å²) in [7, 11) is 0. The van der Waals surface area contributed by atoms with Crippen LogP contribution in [-0.2, 0) is 37.6 Å². The summed E-state index contributed by atoms with van der Waals surface area (Å²) in [6.45, 7) is 20.3. The standard InChI is InChI=1S/C103H201N/c1-9-17-25-33-41-49-57-65-73-81-89-97-98(90-82-74-66-58-50-42-34-26-18-10-2)100(92-84-76-68-60-52-44-36-28-20-12-4)102(101(93-85-77-69-61-53-45-37-29-21-13-5)99(97)91-83-75-67-59-51-43-35-27-19-11-3)103(94-86-78-70-62-54-46-38-30-22-14-6,95-87-79-71-63-55-47-39-31-23-15-7)104-96-88-80-72-64-56-48-40-32-24-16-8/h104H,9-96H2,1-8H3. The third-order valence-corrected chi connectivity index (χ3v) is 25.3. The molecule has 1 nitrogen and oxygen atoms in total. The molecule has 0 aliphatic carbocycles. The molecule has 0 fully saturated rings. The predicted octanol–water partition coefficient (Wildman–Crippen LogP) is 37.3. The summed E-state index contributed by atoms with van der Waals surface area (Å²) >= 11 is 0. The third-order valence-electron chi connectivity index (χ3n) is 25.3. The van der Waals surface area contributed by atoms with Crippen LogP contribution in [0.25, 0.3) is 0 Å². The average molecular weight is 1450 g/mol. The Balaban J connectivity index is 4.57. The molecular formula is C103H201N. The van der Waals surface area contributed by atoms with Gasteiger partial charge in [0.1, 0.15) is 0 Å². The summed E-state index contributed by atoms with van der Waals surface area (Å²) < 4.78 is 0. The van der Waals surface area contributed by atoms with Crippen molar-refractivity contribution in [2.45, 2.75) is 620 Å². The molecule has 0 spiro atoms. The van der Waals surface area contributed by atoms with Crippen LogP contribution >= 0.6 is 0 Å². The first-order valence-electron chi connectivity index (χ1n) is 50.5. The molecule has 0 saturated heterocycles. The fourth-order valence-corrected chi connectivity index (χ4v) is 18.4. The molecule has 0 aliphatic rings. The Morgan fingerprint density at radius 3 is 0.462 bits per heavy atom. The van der Waals surface area contributed by atoms with Crippen molar-refractivity contribution >= 4 is 0 Å². The fourth-order valence-electron chi connectivity index (χ4n) is 18.4. The second-order valence-corrected chi connectivity index (χ2v) is 35.5. The van der Waals surface area contributed by atoms with E-state index in [2.05, 4.69) is 55.4 Å². The Hall–Kier alpha value is -0.820. The van der Waals surface area contributed by atoms with Gasteiger partial charge in [-0.2, -0.15) is 0 Å². The second kappa shape index (κ2) is 83.1. The van der Waals surface area contributed by atoms with E-state index < -0.39 is 0 Å². The van der Waals surface area contributed by atoms with Crippen LogP contribution in [0.15, 0.2) is 0 Å². The van der Waals surface area contributed by atoms with Gasteiger partial charge in [-0.15, -0.1) is 0 Å². The Kier molecular flexibility index (Phi) is 80.9. The van der Waals surface area contributed by atoms with Gasteiger partial charge in [0.2, 0.25) is 0 Å². The lowest BCUT2D eigenvalue weighted by Gasteiger charge is -2.42. The van der Waals surface area contributed by atoms with Crippen molar-refractivity contribution in [3.63, 3.8) is 0 Å². The van der Waals surface area contributed by atoms with Crippen LogP contribution in [0.4, 0.5) is 0 Å². The van der Waals surface area contributed by atoms with E-state index in [0.29, 0.717) is 0 Å². The van der Waals surface area contributed by atoms with Crippen molar-refractivity contribution in [1.29, 1.82) is 0 Å². The fraction of sp³-hybridized carbons (Fsp3) is 0.942. The van der Waals surface area contributed by atoms with Gasteiger partial charge in [-0.1, -0.05) is 531 Å². The van der Waals surface area contributed by atoms with Crippen molar-refractivity contribution in [1.82, 2.24) is 5.32 Å². The first-order chi connectivity index (χ1) is 51.5. The van der Waals surface area contributed by atoms with Gasteiger partial charge in [-0.25, -0.2) is 0 Å². The normalized spacial score (nSPS) is 12.0. The number of benzene rings is 1. The van der Waals surface area contributed by atoms with Crippen LogP contribution in [0.3, 0.4) is 0 Å². The lowest BCUT2D eigenvalue weighted by Crippen LogP contribution is -2.45.